The Bertz CT molecular complexity index is 1460. The van der Waals surface area contributed by atoms with Crippen molar-refractivity contribution in [2.24, 2.45) is 0 Å². The van der Waals surface area contributed by atoms with Gasteiger partial charge >= 0.3 is 5.97 Å². The van der Waals surface area contributed by atoms with Crippen molar-refractivity contribution < 1.29 is 17.9 Å². The Morgan fingerprint density at radius 3 is 2.50 bits per heavy atom. The molecule has 1 unspecified atom stereocenters. The molecule has 0 saturated carbocycles. The second-order valence-electron chi connectivity index (χ2n) is 8.13. The molecule has 0 N–H and O–H groups in total. The van der Waals surface area contributed by atoms with Gasteiger partial charge in [0.1, 0.15) is 0 Å². The third kappa shape index (κ3) is 4.84. The molecule has 0 bridgehead atoms. The van der Waals surface area contributed by atoms with Crippen LogP contribution in [0.3, 0.4) is 0 Å². The van der Waals surface area contributed by atoms with Gasteiger partial charge in [-0.25, -0.2) is 13.2 Å². The molecule has 0 fully saturated rings. The average molecular weight is 475 g/mol. The number of esters is 1. The average Bonchev–Trinajstić information content (AvgIpc) is 2.83. The summed E-state index contributed by atoms with van der Waals surface area (Å²) in [6, 6.07) is 17.2. The first-order valence-electron chi connectivity index (χ1n) is 11.1. The van der Waals surface area contributed by atoms with Crippen LogP contribution in [0.2, 0.25) is 0 Å². The SMILES string of the molecule is CCOC(=O)c1cncc(-c2cccc(-c3cc(C(CC)S(C)(=O)=O)cc4cccnc34)c2)c1. The summed E-state index contributed by atoms with van der Waals surface area (Å²) in [5, 5.41) is 0.290. The number of ether oxygens (including phenoxy) is 1. The number of nitrogens with zero attached hydrogens (tertiary/aromatic N) is 2. The highest BCUT2D eigenvalue weighted by atomic mass is 32.2. The van der Waals surface area contributed by atoms with Crippen LogP contribution in [0.5, 0.6) is 0 Å². The van der Waals surface area contributed by atoms with E-state index in [0.717, 1.165) is 38.7 Å². The smallest absolute Gasteiger partial charge is 0.339 e. The highest BCUT2D eigenvalue weighted by molar-refractivity contribution is 7.90. The van der Waals surface area contributed by atoms with Gasteiger partial charge in [-0.2, -0.15) is 0 Å². The summed E-state index contributed by atoms with van der Waals surface area (Å²) in [6.45, 7) is 3.93. The molecular weight excluding hydrogens is 448 g/mol. The number of sulfone groups is 1. The van der Waals surface area contributed by atoms with Crippen LogP contribution in [0.1, 0.15) is 41.4 Å². The van der Waals surface area contributed by atoms with E-state index in [4.69, 9.17) is 4.74 Å². The van der Waals surface area contributed by atoms with E-state index < -0.39 is 21.1 Å². The zero-order valence-corrected chi connectivity index (χ0v) is 20.2. The molecule has 0 spiro atoms. The molecule has 4 aromatic rings. The minimum Gasteiger partial charge on any atom is -0.462 e. The van der Waals surface area contributed by atoms with Gasteiger partial charge in [-0.1, -0.05) is 31.2 Å². The van der Waals surface area contributed by atoms with Gasteiger partial charge in [0.25, 0.3) is 0 Å². The van der Waals surface area contributed by atoms with Crippen molar-refractivity contribution >= 4 is 26.7 Å². The van der Waals surface area contributed by atoms with E-state index in [-0.39, 0.29) is 0 Å². The second kappa shape index (κ2) is 9.73. The first kappa shape index (κ1) is 23.6. The molecule has 0 aliphatic heterocycles. The zero-order valence-electron chi connectivity index (χ0n) is 19.4. The normalized spacial score (nSPS) is 12.4. The Balaban J connectivity index is 1.86. The first-order valence-corrected chi connectivity index (χ1v) is 13.1. The number of carbonyl (C=O) groups excluding carboxylic acids is 1. The number of rotatable bonds is 7. The van der Waals surface area contributed by atoms with Crippen molar-refractivity contribution in [3.8, 4) is 22.3 Å². The molecule has 174 valence electrons. The summed E-state index contributed by atoms with van der Waals surface area (Å²) in [7, 11) is -3.28. The topological polar surface area (TPSA) is 86.2 Å². The van der Waals surface area contributed by atoms with Gasteiger partial charge in [0.05, 0.1) is 22.9 Å². The molecular formula is C27H26N2O4S. The lowest BCUT2D eigenvalue weighted by Gasteiger charge is -2.17. The van der Waals surface area contributed by atoms with Crippen LogP contribution < -0.4 is 0 Å². The minimum atomic E-state index is -3.28. The van der Waals surface area contributed by atoms with Gasteiger partial charge in [0, 0.05) is 41.4 Å². The number of hydrogen-bond acceptors (Lipinski definition) is 6. The fourth-order valence-corrected chi connectivity index (χ4v) is 5.43. The molecule has 34 heavy (non-hydrogen) atoms. The monoisotopic (exact) mass is 474 g/mol. The van der Waals surface area contributed by atoms with Crippen LogP contribution in [-0.4, -0.2) is 37.2 Å². The van der Waals surface area contributed by atoms with Gasteiger partial charge in [-0.3, -0.25) is 9.97 Å². The molecule has 7 heteroatoms. The lowest BCUT2D eigenvalue weighted by Crippen LogP contribution is -2.10. The molecule has 4 rings (SSSR count). The summed E-state index contributed by atoms with van der Waals surface area (Å²) in [4.78, 5) is 20.9. The third-order valence-corrected chi connectivity index (χ3v) is 7.38. The lowest BCUT2D eigenvalue weighted by atomic mass is 9.94. The Hall–Kier alpha value is -3.58. The number of pyridine rings is 2. The predicted octanol–water partition coefficient (Wildman–Crippen LogP) is 5.64. The summed E-state index contributed by atoms with van der Waals surface area (Å²) >= 11 is 0. The summed E-state index contributed by atoms with van der Waals surface area (Å²) in [5.41, 5.74) is 5.34. The van der Waals surface area contributed by atoms with Crippen LogP contribution in [0.25, 0.3) is 33.2 Å². The van der Waals surface area contributed by atoms with E-state index in [2.05, 4.69) is 9.97 Å². The molecule has 2 aromatic carbocycles. The molecule has 2 heterocycles. The van der Waals surface area contributed by atoms with Crippen LogP contribution in [-0.2, 0) is 14.6 Å². The van der Waals surface area contributed by atoms with Crippen molar-refractivity contribution in [3.05, 3.63) is 84.3 Å². The standard InChI is InChI=1S/C27H26N2O4S/c1-4-25(34(3,31)32)21-13-20-10-7-11-29-26(20)24(15-21)19-9-6-8-18(12-19)22-14-23(17-28-16-22)27(30)33-5-2/h6-17,25H,4-5H2,1-3H3. The van der Waals surface area contributed by atoms with E-state index in [1.54, 1.807) is 25.4 Å². The van der Waals surface area contributed by atoms with Crippen molar-refractivity contribution in [2.75, 3.05) is 12.9 Å². The van der Waals surface area contributed by atoms with Crippen molar-refractivity contribution in [3.63, 3.8) is 0 Å². The Kier molecular flexibility index (Phi) is 6.75. The molecule has 0 radical (unpaired) electrons. The van der Waals surface area contributed by atoms with Crippen LogP contribution in [0, 0.1) is 0 Å². The highest BCUT2D eigenvalue weighted by Gasteiger charge is 2.23. The first-order chi connectivity index (χ1) is 16.3. The fourth-order valence-electron chi connectivity index (χ4n) is 4.20. The van der Waals surface area contributed by atoms with Gasteiger partial charge in [-0.05, 0) is 60.4 Å². The van der Waals surface area contributed by atoms with E-state index in [0.29, 0.717) is 18.6 Å². The fraction of sp³-hybridized carbons (Fsp3) is 0.222. The molecule has 2 aromatic heterocycles. The Labute approximate surface area is 199 Å². The van der Waals surface area contributed by atoms with E-state index >= 15 is 0 Å². The molecule has 1 atom stereocenters. The Morgan fingerprint density at radius 1 is 0.971 bits per heavy atom. The maximum Gasteiger partial charge on any atom is 0.339 e. The number of fused-ring (bicyclic) bond motifs is 1. The maximum absolute atomic E-state index is 12.5. The molecule has 0 aliphatic carbocycles. The molecule has 0 saturated heterocycles. The predicted molar refractivity (Wildman–Crippen MR) is 134 cm³/mol. The van der Waals surface area contributed by atoms with Crippen molar-refractivity contribution in [2.45, 2.75) is 25.5 Å². The zero-order chi connectivity index (χ0) is 24.3. The van der Waals surface area contributed by atoms with E-state index in [1.165, 1.54) is 12.5 Å². The number of hydrogen-bond donors (Lipinski definition) is 0. The van der Waals surface area contributed by atoms with Crippen LogP contribution >= 0.6 is 0 Å². The second-order valence-corrected chi connectivity index (χ2v) is 10.4. The third-order valence-electron chi connectivity index (χ3n) is 5.74. The van der Waals surface area contributed by atoms with Crippen LogP contribution in [0.15, 0.2) is 73.2 Å². The Morgan fingerprint density at radius 2 is 1.76 bits per heavy atom. The molecule has 0 aliphatic rings. The molecule has 0 amide bonds. The van der Waals surface area contributed by atoms with Gasteiger partial charge in [0.15, 0.2) is 9.84 Å². The lowest BCUT2D eigenvalue weighted by molar-refractivity contribution is 0.0526. The van der Waals surface area contributed by atoms with E-state index in [1.807, 2.05) is 55.5 Å². The maximum atomic E-state index is 12.5. The summed E-state index contributed by atoms with van der Waals surface area (Å²) in [6.07, 6.45) is 6.68. The summed E-state index contributed by atoms with van der Waals surface area (Å²) in [5.74, 6) is -0.415. The number of aromatic nitrogens is 2. The van der Waals surface area contributed by atoms with Gasteiger partial charge in [-0.15, -0.1) is 0 Å². The van der Waals surface area contributed by atoms with Gasteiger partial charge < -0.3 is 4.74 Å². The largest absolute Gasteiger partial charge is 0.462 e. The number of carbonyl (C=O) groups is 1. The van der Waals surface area contributed by atoms with Gasteiger partial charge in [0.2, 0.25) is 0 Å². The van der Waals surface area contributed by atoms with Crippen LogP contribution in [0.4, 0.5) is 0 Å². The summed E-state index contributed by atoms with van der Waals surface area (Å²) < 4.78 is 30.0. The number of benzene rings is 2. The van der Waals surface area contributed by atoms with E-state index in [9.17, 15) is 13.2 Å². The minimum absolute atomic E-state index is 0.293. The quantitative estimate of drug-likeness (QED) is 0.322. The van der Waals surface area contributed by atoms with Crippen molar-refractivity contribution in [1.82, 2.24) is 9.97 Å². The highest BCUT2D eigenvalue weighted by Crippen LogP contribution is 2.36. The molecule has 6 nitrogen and oxygen atoms in total. The van der Waals surface area contributed by atoms with Crippen molar-refractivity contribution in [1.29, 1.82) is 0 Å².